The zero-order valence-corrected chi connectivity index (χ0v) is 11.7. The van der Waals surface area contributed by atoms with Gasteiger partial charge in [0.2, 0.25) is 12.7 Å². The molecule has 1 N–H and O–H groups in total. The van der Waals surface area contributed by atoms with E-state index in [1.165, 1.54) is 25.7 Å². The Morgan fingerprint density at radius 3 is 2.76 bits per heavy atom. The molecule has 3 aliphatic rings. The predicted molar refractivity (Wildman–Crippen MR) is 77.2 cm³/mol. The molecule has 0 radical (unpaired) electrons. The van der Waals surface area contributed by atoms with E-state index in [1.54, 1.807) is 6.21 Å². The lowest BCUT2D eigenvalue weighted by Crippen LogP contribution is -2.20. The third kappa shape index (κ3) is 2.37. The Bertz CT molecular complexity index is 587. The minimum absolute atomic E-state index is 0.0730. The van der Waals surface area contributed by atoms with Crippen LogP contribution in [0.3, 0.4) is 0 Å². The molecular weight excluding hydrogens is 268 g/mol. The van der Waals surface area contributed by atoms with E-state index in [-0.39, 0.29) is 18.6 Å². The number of hydrogen-bond acceptors (Lipinski definition) is 4. The van der Waals surface area contributed by atoms with Crippen LogP contribution in [0.2, 0.25) is 0 Å². The summed E-state index contributed by atoms with van der Waals surface area (Å²) in [6.07, 6.45) is 6.59. The van der Waals surface area contributed by atoms with Crippen LogP contribution in [0.1, 0.15) is 31.2 Å². The van der Waals surface area contributed by atoms with E-state index < -0.39 is 0 Å². The van der Waals surface area contributed by atoms with Crippen molar-refractivity contribution in [1.82, 2.24) is 5.43 Å². The monoisotopic (exact) mass is 286 g/mol. The average molecular weight is 286 g/mol. The summed E-state index contributed by atoms with van der Waals surface area (Å²) in [6.45, 7) is 0.261. The predicted octanol–water partition coefficient (Wildman–Crippen LogP) is 2.30. The van der Waals surface area contributed by atoms with E-state index in [1.807, 2.05) is 18.2 Å². The molecule has 1 heterocycles. The molecule has 1 amide bonds. The van der Waals surface area contributed by atoms with Gasteiger partial charge in [-0.25, -0.2) is 5.43 Å². The Morgan fingerprint density at radius 2 is 1.95 bits per heavy atom. The highest BCUT2D eigenvalue weighted by Gasteiger charge is 2.54. The second-order valence-electron chi connectivity index (χ2n) is 5.98. The van der Waals surface area contributed by atoms with Gasteiger partial charge < -0.3 is 9.47 Å². The fraction of sp³-hybridized carbons (Fsp3) is 0.500. The lowest BCUT2D eigenvalue weighted by atomic mass is 10.0. The Kier molecular flexibility index (Phi) is 3.05. The number of carbonyl (C=O) groups is 1. The quantitative estimate of drug-likeness (QED) is 0.685. The molecule has 0 bridgehead atoms. The molecule has 0 saturated heterocycles. The van der Waals surface area contributed by atoms with Crippen molar-refractivity contribution in [1.29, 1.82) is 0 Å². The first-order chi connectivity index (χ1) is 10.3. The SMILES string of the molecule is O=C(N/N=C\c1ccc2c(c1)OCO2)C1[C@H]2CCCC[C@@H]12. The molecule has 110 valence electrons. The van der Waals surface area contributed by atoms with Gasteiger partial charge in [-0.15, -0.1) is 0 Å². The van der Waals surface area contributed by atoms with Crippen molar-refractivity contribution in [3.05, 3.63) is 23.8 Å². The molecule has 3 atom stereocenters. The lowest BCUT2D eigenvalue weighted by molar-refractivity contribution is -0.122. The molecule has 2 aliphatic carbocycles. The van der Waals surface area contributed by atoms with Crippen LogP contribution >= 0.6 is 0 Å². The number of fused-ring (bicyclic) bond motifs is 2. The van der Waals surface area contributed by atoms with Gasteiger partial charge in [-0.2, -0.15) is 5.10 Å². The fourth-order valence-corrected chi connectivity index (χ4v) is 3.62. The van der Waals surface area contributed by atoms with Crippen LogP contribution in [-0.2, 0) is 4.79 Å². The van der Waals surface area contributed by atoms with Crippen LogP contribution < -0.4 is 14.9 Å². The van der Waals surface area contributed by atoms with Gasteiger partial charge in [0, 0.05) is 5.92 Å². The molecular formula is C16H18N2O3. The topological polar surface area (TPSA) is 59.9 Å². The molecule has 21 heavy (non-hydrogen) atoms. The summed E-state index contributed by atoms with van der Waals surface area (Å²) in [4.78, 5) is 12.1. The number of carbonyl (C=O) groups excluding carboxylic acids is 1. The second-order valence-corrected chi connectivity index (χ2v) is 5.98. The maximum atomic E-state index is 12.1. The Morgan fingerprint density at radius 1 is 1.19 bits per heavy atom. The van der Waals surface area contributed by atoms with E-state index in [9.17, 15) is 4.79 Å². The molecule has 1 unspecified atom stereocenters. The highest BCUT2D eigenvalue weighted by atomic mass is 16.7. The summed E-state index contributed by atoms with van der Waals surface area (Å²) in [5, 5.41) is 4.07. The van der Waals surface area contributed by atoms with Gasteiger partial charge >= 0.3 is 0 Å². The van der Waals surface area contributed by atoms with Crippen molar-refractivity contribution in [3.8, 4) is 11.5 Å². The minimum Gasteiger partial charge on any atom is -0.454 e. The second kappa shape index (κ2) is 5.06. The molecule has 0 aromatic heterocycles. The number of rotatable bonds is 3. The first kappa shape index (κ1) is 12.7. The van der Waals surface area contributed by atoms with Crippen molar-refractivity contribution < 1.29 is 14.3 Å². The molecule has 5 heteroatoms. The van der Waals surface area contributed by atoms with Gasteiger partial charge in [0.15, 0.2) is 11.5 Å². The lowest BCUT2D eigenvalue weighted by Gasteiger charge is -2.04. The number of amides is 1. The number of benzene rings is 1. The van der Waals surface area contributed by atoms with Crippen molar-refractivity contribution >= 4 is 12.1 Å². The summed E-state index contributed by atoms with van der Waals surface area (Å²) >= 11 is 0. The summed E-state index contributed by atoms with van der Waals surface area (Å²) < 4.78 is 10.6. The third-order valence-corrected chi connectivity index (χ3v) is 4.74. The molecule has 4 rings (SSSR count). The van der Waals surface area contributed by atoms with Gasteiger partial charge in [0.25, 0.3) is 0 Å². The average Bonchev–Trinajstić information content (AvgIpc) is 3.06. The van der Waals surface area contributed by atoms with Gasteiger partial charge in [-0.1, -0.05) is 12.8 Å². The zero-order chi connectivity index (χ0) is 14.2. The van der Waals surface area contributed by atoms with Gasteiger partial charge in [-0.3, -0.25) is 4.79 Å². The number of ether oxygens (including phenoxy) is 2. The highest BCUT2D eigenvalue weighted by molar-refractivity contribution is 5.85. The van der Waals surface area contributed by atoms with Crippen LogP contribution in [0, 0.1) is 17.8 Å². The van der Waals surface area contributed by atoms with Gasteiger partial charge in [-0.05, 0) is 48.4 Å². The summed E-state index contributed by atoms with van der Waals surface area (Å²) in [7, 11) is 0. The van der Waals surface area contributed by atoms with Crippen molar-refractivity contribution in [2.24, 2.45) is 22.9 Å². The molecule has 1 aromatic carbocycles. The van der Waals surface area contributed by atoms with E-state index in [4.69, 9.17) is 9.47 Å². The van der Waals surface area contributed by atoms with Crippen molar-refractivity contribution in [3.63, 3.8) is 0 Å². The number of hydrogen-bond donors (Lipinski definition) is 1. The highest BCUT2D eigenvalue weighted by Crippen LogP contribution is 2.55. The maximum Gasteiger partial charge on any atom is 0.243 e. The summed E-state index contributed by atoms with van der Waals surface area (Å²) in [6, 6.07) is 5.59. The Hall–Kier alpha value is -2.04. The molecule has 1 aromatic rings. The van der Waals surface area contributed by atoms with E-state index in [0.29, 0.717) is 11.8 Å². The number of nitrogens with zero attached hydrogens (tertiary/aromatic N) is 1. The summed E-state index contributed by atoms with van der Waals surface area (Å²) in [5.74, 6) is 2.96. The zero-order valence-electron chi connectivity index (χ0n) is 11.7. The van der Waals surface area contributed by atoms with E-state index >= 15 is 0 Å². The van der Waals surface area contributed by atoms with Crippen LogP contribution in [0.25, 0.3) is 0 Å². The standard InChI is InChI=1S/C16H18N2O3/c19-16(15-11-3-1-2-4-12(11)15)18-17-8-10-5-6-13-14(7-10)21-9-20-13/h5-8,11-12,15H,1-4,9H2,(H,18,19)/b17-8-/t11-,12+,15?. The normalized spacial score (nSPS) is 29.2. The largest absolute Gasteiger partial charge is 0.454 e. The van der Waals surface area contributed by atoms with E-state index in [2.05, 4.69) is 10.5 Å². The van der Waals surface area contributed by atoms with Gasteiger partial charge in [0.1, 0.15) is 0 Å². The number of hydrazone groups is 1. The first-order valence-electron chi connectivity index (χ1n) is 7.55. The minimum atomic E-state index is 0.0730. The molecule has 0 spiro atoms. The fourth-order valence-electron chi connectivity index (χ4n) is 3.62. The van der Waals surface area contributed by atoms with Crippen molar-refractivity contribution in [2.75, 3.05) is 6.79 Å². The molecule has 2 fully saturated rings. The van der Waals surface area contributed by atoms with Crippen LogP contribution in [-0.4, -0.2) is 18.9 Å². The molecule has 5 nitrogen and oxygen atoms in total. The summed E-state index contributed by atoms with van der Waals surface area (Å²) in [5.41, 5.74) is 3.56. The molecule has 1 aliphatic heterocycles. The maximum absolute atomic E-state index is 12.1. The Balaban J connectivity index is 1.35. The van der Waals surface area contributed by atoms with Gasteiger partial charge in [0.05, 0.1) is 6.21 Å². The van der Waals surface area contributed by atoms with Crippen LogP contribution in [0.5, 0.6) is 11.5 Å². The molecule has 2 saturated carbocycles. The third-order valence-electron chi connectivity index (χ3n) is 4.74. The van der Waals surface area contributed by atoms with E-state index in [0.717, 1.165) is 17.1 Å². The number of nitrogens with one attached hydrogen (secondary N) is 1. The smallest absolute Gasteiger partial charge is 0.243 e. The van der Waals surface area contributed by atoms with Crippen LogP contribution in [0.4, 0.5) is 0 Å². The first-order valence-corrected chi connectivity index (χ1v) is 7.55. The van der Waals surface area contributed by atoms with Crippen LogP contribution in [0.15, 0.2) is 23.3 Å². The van der Waals surface area contributed by atoms with Crippen molar-refractivity contribution in [2.45, 2.75) is 25.7 Å². The Labute approximate surface area is 123 Å².